The minimum atomic E-state index is -0.256. The first-order chi connectivity index (χ1) is 9.20. The molecular formula is C12H11N3O3S. The van der Waals surface area contributed by atoms with Crippen LogP contribution in [-0.4, -0.2) is 27.8 Å². The van der Waals surface area contributed by atoms with Crippen LogP contribution in [0.3, 0.4) is 0 Å². The molecule has 0 fully saturated rings. The lowest BCUT2D eigenvalue weighted by molar-refractivity contribution is 0.0950. The molecule has 0 saturated carbocycles. The van der Waals surface area contributed by atoms with Gasteiger partial charge in [0.25, 0.3) is 5.91 Å². The summed E-state index contributed by atoms with van der Waals surface area (Å²) in [5.41, 5.74) is 0.596. The van der Waals surface area contributed by atoms with Crippen molar-refractivity contribution in [1.82, 2.24) is 15.5 Å². The highest BCUT2D eigenvalue weighted by molar-refractivity contribution is 7.12. The summed E-state index contributed by atoms with van der Waals surface area (Å²) in [6, 6.07) is 1.74. The van der Waals surface area contributed by atoms with Gasteiger partial charge in [0.15, 0.2) is 5.82 Å². The molecule has 0 aliphatic carbocycles. The van der Waals surface area contributed by atoms with Crippen LogP contribution in [0.25, 0.3) is 0 Å². The zero-order valence-corrected chi connectivity index (χ0v) is 11.0. The summed E-state index contributed by atoms with van der Waals surface area (Å²) in [5, 5.41) is 16.7. The average Bonchev–Trinajstić information content (AvgIpc) is 3.02. The maximum atomic E-state index is 11.9. The Bertz CT molecular complexity index is 636. The lowest BCUT2D eigenvalue weighted by Gasteiger charge is -2.00. The predicted molar refractivity (Wildman–Crippen MR) is 68.5 cm³/mol. The van der Waals surface area contributed by atoms with Gasteiger partial charge in [0.2, 0.25) is 5.89 Å². The second-order valence-electron chi connectivity index (χ2n) is 3.54. The molecular weight excluding hydrogens is 266 g/mol. The minimum absolute atomic E-state index is 0.171. The van der Waals surface area contributed by atoms with E-state index in [0.29, 0.717) is 22.2 Å². The Kier molecular flexibility index (Phi) is 4.28. The van der Waals surface area contributed by atoms with E-state index in [-0.39, 0.29) is 19.1 Å². The highest BCUT2D eigenvalue weighted by atomic mass is 32.1. The number of thiophene rings is 1. The van der Waals surface area contributed by atoms with E-state index < -0.39 is 0 Å². The van der Waals surface area contributed by atoms with E-state index >= 15 is 0 Å². The first-order valence-corrected chi connectivity index (χ1v) is 6.33. The van der Waals surface area contributed by atoms with Gasteiger partial charge in [-0.3, -0.25) is 4.79 Å². The number of nitrogens with one attached hydrogen (secondary N) is 1. The van der Waals surface area contributed by atoms with E-state index in [1.807, 2.05) is 0 Å². The monoisotopic (exact) mass is 277 g/mol. The van der Waals surface area contributed by atoms with Gasteiger partial charge >= 0.3 is 0 Å². The minimum Gasteiger partial charge on any atom is -0.384 e. The molecule has 0 aliphatic rings. The number of carbonyl (C=O) groups is 1. The van der Waals surface area contributed by atoms with Crippen LogP contribution >= 0.6 is 11.3 Å². The second kappa shape index (κ2) is 6.13. The standard InChI is InChI=1S/C12H11N3O3S/c1-8-14-10(18-15-8)7-13-12(17)11-9(3-2-5-16)4-6-19-11/h4,6,16H,5,7H2,1H3,(H,13,17). The Morgan fingerprint density at radius 3 is 3.16 bits per heavy atom. The molecule has 0 aliphatic heterocycles. The first-order valence-electron chi connectivity index (χ1n) is 5.45. The normalized spacial score (nSPS) is 9.79. The van der Waals surface area contributed by atoms with Crippen LogP contribution in [0.4, 0.5) is 0 Å². The van der Waals surface area contributed by atoms with E-state index in [1.54, 1.807) is 18.4 Å². The molecule has 0 saturated heterocycles. The number of carbonyl (C=O) groups excluding carboxylic acids is 1. The summed E-state index contributed by atoms with van der Waals surface area (Å²) in [4.78, 5) is 16.4. The lowest BCUT2D eigenvalue weighted by Crippen LogP contribution is -2.22. The van der Waals surface area contributed by atoms with Crippen LogP contribution in [0.2, 0.25) is 0 Å². The number of nitrogens with zero attached hydrogens (tertiary/aromatic N) is 2. The molecule has 0 atom stereocenters. The van der Waals surface area contributed by atoms with Crippen molar-refractivity contribution in [2.45, 2.75) is 13.5 Å². The van der Waals surface area contributed by atoms with Crippen LogP contribution in [-0.2, 0) is 6.54 Å². The van der Waals surface area contributed by atoms with Crippen LogP contribution in [0.1, 0.15) is 27.0 Å². The Morgan fingerprint density at radius 2 is 2.47 bits per heavy atom. The number of aromatic nitrogens is 2. The number of aliphatic hydroxyl groups excluding tert-OH is 1. The van der Waals surface area contributed by atoms with E-state index in [9.17, 15) is 4.79 Å². The predicted octanol–water partition coefficient (Wildman–Crippen LogP) is 0.713. The molecule has 7 heteroatoms. The molecule has 0 radical (unpaired) electrons. The maximum Gasteiger partial charge on any atom is 0.263 e. The molecule has 2 heterocycles. The van der Waals surface area contributed by atoms with Crippen molar-refractivity contribution < 1.29 is 14.4 Å². The topological polar surface area (TPSA) is 88.2 Å². The van der Waals surface area contributed by atoms with Crippen LogP contribution in [0.15, 0.2) is 16.0 Å². The number of aliphatic hydroxyl groups is 1. The van der Waals surface area contributed by atoms with Gasteiger partial charge in [0.1, 0.15) is 11.5 Å². The first kappa shape index (κ1) is 13.3. The Labute approximate surface area is 113 Å². The zero-order valence-electron chi connectivity index (χ0n) is 10.1. The van der Waals surface area contributed by atoms with Crippen molar-refractivity contribution in [3.8, 4) is 11.8 Å². The Hall–Kier alpha value is -2.17. The van der Waals surface area contributed by atoms with Crippen LogP contribution in [0.5, 0.6) is 0 Å². The van der Waals surface area contributed by atoms with E-state index in [4.69, 9.17) is 9.63 Å². The summed E-state index contributed by atoms with van der Waals surface area (Å²) in [7, 11) is 0. The number of hydrogen-bond donors (Lipinski definition) is 2. The van der Waals surface area contributed by atoms with Crippen LogP contribution in [0, 0.1) is 18.8 Å². The van der Waals surface area contributed by atoms with Gasteiger partial charge in [0, 0.05) is 5.56 Å². The number of rotatable bonds is 3. The van der Waals surface area contributed by atoms with Crippen molar-refractivity contribution in [2.24, 2.45) is 0 Å². The maximum absolute atomic E-state index is 11.9. The fourth-order valence-electron chi connectivity index (χ4n) is 1.37. The largest absolute Gasteiger partial charge is 0.384 e. The molecule has 2 aromatic rings. The molecule has 2 rings (SSSR count). The fourth-order valence-corrected chi connectivity index (χ4v) is 2.13. The molecule has 1 amide bonds. The number of hydrogen-bond acceptors (Lipinski definition) is 6. The molecule has 98 valence electrons. The quantitative estimate of drug-likeness (QED) is 0.807. The molecule has 0 aromatic carbocycles. The van der Waals surface area contributed by atoms with Gasteiger partial charge in [-0.05, 0) is 18.4 Å². The molecule has 19 heavy (non-hydrogen) atoms. The van der Waals surface area contributed by atoms with E-state index in [1.165, 1.54) is 11.3 Å². The Morgan fingerprint density at radius 1 is 1.63 bits per heavy atom. The van der Waals surface area contributed by atoms with Gasteiger partial charge in [-0.25, -0.2) is 0 Å². The summed E-state index contributed by atoms with van der Waals surface area (Å²) in [5.74, 6) is 5.86. The van der Waals surface area contributed by atoms with Crippen molar-refractivity contribution in [3.63, 3.8) is 0 Å². The van der Waals surface area contributed by atoms with Crippen molar-refractivity contribution in [3.05, 3.63) is 33.6 Å². The number of aryl methyl sites for hydroxylation is 1. The molecule has 2 N–H and O–H groups in total. The van der Waals surface area contributed by atoms with Crippen molar-refractivity contribution in [1.29, 1.82) is 0 Å². The molecule has 2 aromatic heterocycles. The molecule has 6 nitrogen and oxygen atoms in total. The smallest absolute Gasteiger partial charge is 0.263 e. The van der Waals surface area contributed by atoms with Gasteiger partial charge in [-0.15, -0.1) is 11.3 Å². The highest BCUT2D eigenvalue weighted by Crippen LogP contribution is 2.15. The van der Waals surface area contributed by atoms with Gasteiger partial charge < -0.3 is 14.9 Å². The van der Waals surface area contributed by atoms with Crippen molar-refractivity contribution >= 4 is 17.2 Å². The third-order valence-corrected chi connectivity index (χ3v) is 3.06. The SMILES string of the molecule is Cc1noc(CNC(=O)c2sccc2C#CCO)n1. The van der Waals surface area contributed by atoms with Crippen molar-refractivity contribution in [2.75, 3.05) is 6.61 Å². The molecule has 0 spiro atoms. The van der Waals surface area contributed by atoms with Gasteiger partial charge in [-0.2, -0.15) is 4.98 Å². The summed E-state index contributed by atoms with van der Waals surface area (Å²) < 4.78 is 4.89. The Balaban J connectivity index is 2.02. The number of amides is 1. The third-order valence-electron chi connectivity index (χ3n) is 2.14. The van der Waals surface area contributed by atoms with Gasteiger partial charge in [0.05, 0.1) is 6.54 Å². The summed E-state index contributed by atoms with van der Waals surface area (Å²) >= 11 is 1.29. The summed E-state index contributed by atoms with van der Waals surface area (Å²) in [6.07, 6.45) is 0. The molecule has 0 bridgehead atoms. The van der Waals surface area contributed by atoms with Crippen LogP contribution < -0.4 is 5.32 Å². The second-order valence-corrected chi connectivity index (χ2v) is 4.46. The zero-order chi connectivity index (χ0) is 13.7. The highest BCUT2D eigenvalue weighted by Gasteiger charge is 2.13. The third kappa shape index (κ3) is 3.40. The molecule has 0 unspecified atom stereocenters. The average molecular weight is 277 g/mol. The van der Waals surface area contributed by atoms with E-state index in [0.717, 1.165) is 0 Å². The fraction of sp³-hybridized carbons (Fsp3) is 0.250. The summed E-state index contributed by atoms with van der Waals surface area (Å²) in [6.45, 7) is 1.64. The van der Waals surface area contributed by atoms with E-state index in [2.05, 4.69) is 27.3 Å². The van der Waals surface area contributed by atoms with Gasteiger partial charge in [-0.1, -0.05) is 17.0 Å². The lowest BCUT2D eigenvalue weighted by atomic mass is 10.2.